The van der Waals surface area contributed by atoms with Crippen molar-refractivity contribution in [2.75, 3.05) is 37.1 Å². The van der Waals surface area contributed by atoms with E-state index in [4.69, 9.17) is 19.6 Å². The molecule has 5 rings (SSSR count). The van der Waals surface area contributed by atoms with Gasteiger partial charge in [0.05, 0.1) is 17.8 Å². The third-order valence-corrected chi connectivity index (χ3v) is 5.72. The Hall–Kier alpha value is -4.09. The van der Waals surface area contributed by atoms with Gasteiger partial charge in [-0.25, -0.2) is 9.79 Å². The lowest BCUT2D eigenvalue weighted by Crippen LogP contribution is -2.52. The first-order chi connectivity index (χ1) is 16.4. The number of rotatable bonds is 6. The molecule has 34 heavy (non-hydrogen) atoms. The fourth-order valence-electron chi connectivity index (χ4n) is 3.90. The van der Waals surface area contributed by atoms with E-state index in [0.717, 1.165) is 11.3 Å². The van der Waals surface area contributed by atoms with Crippen LogP contribution in [0, 0.1) is 0 Å². The van der Waals surface area contributed by atoms with E-state index in [2.05, 4.69) is 20.6 Å². The van der Waals surface area contributed by atoms with E-state index < -0.39 is 11.5 Å². The van der Waals surface area contributed by atoms with Gasteiger partial charge in [0, 0.05) is 36.7 Å². The molecule has 1 unspecified atom stereocenters. The summed E-state index contributed by atoms with van der Waals surface area (Å²) in [6, 6.07) is 10.7. The molecule has 5 N–H and O–H groups in total. The smallest absolute Gasteiger partial charge is 0.417 e. The van der Waals surface area contributed by atoms with Crippen LogP contribution in [-0.4, -0.2) is 44.0 Å². The zero-order valence-electron chi connectivity index (χ0n) is 18.7. The first kappa shape index (κ1) is 21.7. The van der Waals surface area contributed by atoms with Gasteiger partial charge >= 0.3 is 5.76 Å². The number of aromatic nitrogens is 1. The minimum atomic E-state index is -1.27. The van der Waals surface area contributed by atoms with Gasteiger partial charge in [-0.1, -0.05) is 6.07 Å². The Bertz CT molecular complexity index is 1390. The SMILES string of the molecule is COCCN1C(=O)COc2cc(C3(N)N=CC(C)=C(Nc4ccc5oc(=O)[nH]c5c4)N3)ccc21. The molecule has 2 aliphatic heterocycles. The number of carbonyl (C=O) groups excluding carboxylic acids is 1. The van der Waals surface area contributed by atoms with Gasteiger partial charge in [0.2, 0.25) is 5.79 Å². The molecule has 176 valence electrons. The van der Waals surface area contributed by atoms with Crippen molar-refractivity contribution in [2.24, 2.45) is 10.7 Å². The molecular weight excluding hydrogens is 440 g/mol. The van der Waals surface area contributed by atoms with E-state index in [1.54, 1.807) is 48.6 Å². The lowest BCUT2D eigenvalue weighted by atomic mass is 10.0. The summed E-state index contributed by atoms with van der Waals surface area (Å²) in [5.41, 5.74) is 10.6. The second kappa shape index (κ2) is 8.36. The number of nitrogens with one attached hydrogen (secondary N) is 3. The number of aromatic amines is 1. The highest BCUT2D eigenvalue weighted by Crippen LogP contribution is 2.36. The first-order valence-corrected chi connectivity index (χ1v) is 10.7. The summed E-state index contributed by atoms with van der Waals surface area (Å²) in [6.07, 6.45) is 1.69. The number of anilines is 2. The summed E-state index contributed by atoms with van der Waals surface area (Å²) in [7, 11) is 1.59. The van der Waals surface area contributed by atoms with Crippen LogP contribution in [0.15, 0.2) is 62.0 Å². The number of hydrogen-bond acceptors (Lipinski definition) is 9. The van der Waals surface area contributed by atoms with Gasteiger partial charge in [-0.05, 0) is 37.3 Å². The number of nitrogens with zero attached hydrogens (tertiary/aromatic N) is 2. The van der Waals surface area contributed by atoms with Gasteiger partial charge in [0.25, 0.3) is 5.91 Å². The molecule has 11 heteroatoms. The van der Waals surface area contributed by atoms with Gasteiger partial charge in [-0.15, -0.1) is 0 Å². The molecule has 11 nitrogen and oxygen atoms in total. The summed E-state index contributed by atoms with van der Waals surface area (Å²) in [6.45, 7) is 2.68. The van der Waals surface area contributed by atoms with Gasteiger partial charge < -0.3 is 29.4 Å². The number of methoxy groups -OCH3 is 1. The van der Waals surface area contributed by atoms with Crippen molar-refractivity contribution in [1.29, 1.82) is 0 Å². The number of allylic oxidation sites excluding steroid dienone is 1. The minimum Gasteiger partial charge on any atom is -0.482 e. The number of aliphatic imine (C=N–C) groups is 1. The Morgan fingerprint density at radius 1 is 1.26 bits per heavy atom. The third-order valence-electron chi connectivity index (χ3n) is 5.72. The first-order valence-electron chi connectivity index (χ1n) is 10.7. The zero-order valence-corrected chi connectivity index (χ0v) is 18.7. The molecule has 0 aliphatic carbocycles. The maximum Gasteiger partial charge on any atom is 0.417 e. The van der Waals surface area contributed by atoms with Crippen LogP contribution in [0.3, 0.4) is 0 Å². The van der Waals surface area contributed by atoms with Crippen LogP contribution in [0.5, 0.6) is 5.75 Å². The quantitative estimate of drug-likeness (QED) is 0.430. The Morgan fingerprint density at radius 2 is 2.12 bits per heavy atom. The number of nitrogens with two attached hydrogens (primary N) is 1. The van der Waals surface area contributed by atoms with Crippen molar-refractivity contribution in [3.05, 3.63) is 63.9 Å². The maximum absolute atomic E-state index is 12.3. The van der Waals surface area contributed by atoms with E-state index in [1.165, 1.54) is 0 Å². The largest absolute Gasteiger partial charge is 0.482 e. The molecule has 1 aromatic heterocycles. The average molecular weight is 464 g/mol. The van der Waals surface area contributed by atoms with Crippen LogP contribution in [0.4, 0.5) is 11.4 Å². The molecule has 3 aromatic rings. The molecule has 2 aromatic carbocycles. The maximum atomic E-state index is 12.3. The molecule has 0 spiro atoms. The number of H-pyrrole nitrogens is 1. The highest BCUT2D eigenvalue weighted by molar-refractivity contribution is 5.98. The molecule has 0 saturated heterocycles. The number of amides is 1. The number of carbonyl (C=O) groups is 1. The summed E-state index contributed by atoms with van der Waals surface area (Å²) in [4.78, 5) is 32.5. The molecule has 3 heterocycles. The predicted octanol–water partition coefficient (Wildman–Crippen LogP) is 1.58. The van der Waals surface area contributed by atoms with E-state index in [0.29, 0.717) is 47.1 Å². The van der Waals surface area contributed by atoms with Crippen molar-refractivity contribution in [3.8, 4) is 5.75 Å². The normalized spacial score (nSPS) is 19.7. The number of hydrogen-bond donors (Lipinski definition) is 4. The molecule has 0 fully saturated rings. The van der Waals surface area contributed by atoms with Crippen LogP contribution in [-0.2, 0) is 15.3 Å². The number of benzene rings is 2. The second-order valence-corrected chi connectivity index (χ2v) is 8.07. The second-order valence-electron chi connectivity index (χ2n) is 8.07. The average Bonchev–Trinajstić information content (AvgIpc) is 3.20. The molecule has 1 amide bonds. The van der Waals surface area contributed by atoms with Gasteiger partial charge in [-0.2, -0.15) is 0 Å². The summed E-state index contributed by atoms with van der Waals surface area (Å²) < 4.78 is 15.9. The molecule has 0 radical (unpaired) electrons. The Morgan fingerprint density at radius 3 is 2.94 bits per heavy atom. The van der Waals surface area contributed by atoms with Crippen LogP contribution in [0.2, 0.25) is 0 Å². The molecular formula is C23H24N6O5. The molecule has 0 saturated carbocycles. The van der Waals surface area contributed by atoms with Crippen LogP contribution in [0.1, 0.15) is 12.5 Å². The lowest BCUT2D eigenvalue weighted by molar-refractivity contribution is -0.121. The van der Waals surface area contributed by atoms with Crippen molar-refractivity contribution in [2.45, 2.75) is 12.7 Å². The third kappa shape index (κ3) is 3.91. The summed E-state index contributed by atoms with van der Waals surface area (Å²) >= 11 is 0. The Labute approximate surface area is 194 Å². The van der Waals surface area contributed by atoms with E-state index in [1.807, 2.05) is 13.0 Å². The Balaban J connectivity index is 1.40. The highest BCUT2D eigenvalue weighted by Gasteiger charge is 2.33. The van der Waals surface area contributed by atoms with Crippen molar-refractivity contribution in [1.82, 2.24) is 10.3 Å². The van der Waals surface area contributed by atoms with Crippen molar-refractivity contribution < 1.29 is 18.7 Å². The summed E-state index contributed by atoms with van der Waals surface area (Å²) in [5, 5.41) is 6.55. The van der Waals surface area contributed by atoms with Gasteiger partial charge in [0.15, 0.2) is 12.2 Å². The van der Waals surface area contributed by atoms with E-state index in [-0.39, 0.29) is 12.5 Å². The summed E-state index contributed by atoms with van der Waals surface area (Å²) in [5.74, 6) is -0.714. The zero-order chi connectivity index (χ0) is 23.9. The number of oxazole rings is 1. The predicted molar refractivity (Wildman–Crippen MR) is 127 cm³/mol. The molecule has 0 bridgehead atoms. The van der Waals surface area contributed by atoms with E-state index in [9.17, 15) is 9.59 Å². The highest BCUT2D eigenvalue weighted by atomic mass is 16.5. The monoisotopic (exact) mass is 464 g/mol. The fourth-order valence-corrected chi connectivity index (χ4v) is 3.90. The van der Waals surface area contributed by atoms with Crippen LogP contribution < -0.4 is 31.8 Å². The van der Waals surface area contributed by atoms with Crippen molar-refractivity contribution in [3.63, 3.8) is 0 Å². The molecule has 1 atom stereocenters. The lowest BCUT2D eigenvalue weighted by Gasteiger charge is -2.35. The minimum absolute atomic E-state index is 0.0567. The number of fused-ring (bicyclic) bond motifs is 2. The standard InChI is InChI=1S/C23H24N6O5/c1-13-11-25-23(24,28-21(13)26-15-4-6-18-16(10-15)27-22(31)34-18)14-3-5-17-19(9-14)33-12-20(30)29(17)7-8-32-2/h3-6,9-11,26,28H,7-8,12,24H2,1-2H3,(H,27,31). The van der Waals surface area contributed by atoms with Crippen molar-refractivity contribution >= 4 is 34.6 Å². The van der Waals surface area contributed by atoms with Crippen LogP contribution in [0.25, 0.3) is 11.1 Å². The topological polar surface area (TPSA) is 147 Å². The number of ether oxygens (including phenoxy) is 2. The Kier molecular flexibility index (Phi) is 5.34. The fraction of sp³-hybridized carbons (Fsp3) is 0.261. The molecule has 2 aliphatic rings. The van der Waals surface area contributed by atoms with E-state index >= 15 is 0 Å². The van der Waals surface area contributed by atoms with Gasteiger partial charge in [0.1, 0.15) is 11.6 Å². The van der Waals surface area contributed by atoms with Gasteiger partial charge in [-0.3, -0.25) is 15.5 Å². The van der Waals surface area contributed by atoms with Crippen LogP contribution >= 0.6 is 0 Å².